The van der Waals surface area contributed by atoms with Gasteiger partial charge in [-0.3, -0.25) is 14.4 Å². The van der Waals surface area contributed by atoms with Gasteiger partial charge in [0.05, 0.1) is 31.8 Å². The predicted octanol–water partition coefficient (Wildman–Crippen LogP) is 3.16. The van der Waals surface area contributed by atoms with Gasteiger partial charge in [-0.1, -0.05) is 54.1 Å². The van der Waals surface area contributed by atoms with Gasteiger partial charge in [-0.25, -0.2) is 4.68 Å². The van der Waals surface area contributed by atoms with Crippen molar-refractivity contribution in [3.63, 3.8) is 0 Å². The van der Waals surface area contributed by atoms with Gasteiger partial charge < -0.3 is 10.5 Å². The van der Waals surface area contributed by atoms with Crippen LogP contribution in [0.2, 0.25) is 0 Å². The monoisotopic (exact) mass is 463 g/mol. The zero-order valence-electron chi connectivity index (χ0n) is 20.1. The number of aryl methyl sites for hydroxylation is 3. The smallest absolute Gasteiger partial charge is 0.310 e. The van der Waals surface area contributed by atoms with E-state index in [0.717, 1.165) is 23.2 Å². The number of ketones is 1. The molecule has 180 valence electrons. The number of ether oxygens (including phenoxy) is 1. The van der Waals surface area contributed by atoms with Crippen LogP contribution in [0, 0.1) is 13.8 Å². The quantitative estimate of drug-likeness (QED) is 0.489. The molecule has 0 aliphatic heterocycles. The average Bonchev–Trinajstić information content (AvgIpc) is 2.81. The van der Waals surface area contributed by atoms with Crippen molar-refractivity contribution in [2.75, 3.05) is 13.2 Å². The van der Waals surface area contributed by atoms with Gasteiger partial charge in [0, 0.05) is 12.5 Å². The number of benzene rings is 2. The van der Waals surface area contributed by atoms with E-state index in [9.17, 15) is 14.4 Å². The number of Topliss-reactive ketones (excluding diaryl/α,β-unsaturated/α-hetero) is 1. The largest absolute Gasteiger partial charge is 0.466 e. The maximum absolute atomic E-state index is 11.7. The normalized spacial score (nSPS) is 10.2. The summed E-state index contributed by atoms with van der Waals surface area (Å²) in [6.07, 6.45) is 1.59. The number of carbonyl (C=O) groups excluding carboxylic acids is 2. The lowest BCUT2D eigenvalue weighted by Gasteiger charge is -2.07. The van der Waals surface area contributed by atoms with Gasteiger partial charge in [0.2, 0.25) is 0 Å². The molecular weight excluding hydrogens is 430 g/mol. The second-order valence-corrected chi connectivity index (χ2v) is 8.00. The molecular formula is C27H33N3O4. The van der Waals surface area contributed by atoms with Crippen molar-refractivity contribution in [2.24, 2.45) is 5.73 Å². The van der Waals surface area contributed by atoms with E-state index < -0.39 is 0 Å². The zero-order valence-corrected chi connectivity index (χ0v) is 20.1. The summed E-state index contributed by atoms with van der Waals surface area (Å²) in [5, 5.41) is 4.20. The summed E-state index contributed by atoms with van der Waals surface area (Å²) >= 11 is 0. The van der Waals surface area contributed by atoms with Gasteiger partial charge in [-0.15, -0.1) is 0 Å². The summed E-state index contributed by atoms with van der Waals surface area (Å²) in [5.41, 5.74) is 10.1. The van der Waals surface area contributed by atoms with Crippen LogP contribution in [0.1, 0.15) is 41.3 Å². The fourth-order valence-electron chi connectivity index (χ4n) is 3.31. The minimum absolute atomic E-state index is 0.126. The molecule has 0 saturated heterocycles. The van der Waals surface area contributed by atoms with Crippen LogP contribution in [0.5, 0.6) is 0 Å². The minimum Gasteiger partial charge on any atom is -0.466 e. The minimum atomic E-state index is -0.250. The van der Waals surface area contributed by atoms with E-state index in [1.165, 1.54) is 21.9 Å². The fraction of sp³-hybridized carbons (Fsp3) is 0.333. The number of rotatable bonds is 9. The molecule has 7 heteroatoms. The van der Waals surface area contributed by atoms with Gasteiger partial charge in [-0.05, 0) is 49.9 Å². The van der Waals surface area contributed by atoms with E-state index in [1.807, 2.05) is 56.3 Å². The topological polar surface area (TPSA) is 104 Å². The van der Waals surface area contributed by atoms with Gasteiger partial charge in [-0.2, -0.15) is 5.10 Å². The van der Waals surface area contributed by atoms with Crippen molar-refractivity contribution >= 4 is 11.8 Å². The first kappa shape index (κ1) is 26.7. The molecule has 0 fully saturated rings. The van der Waals surface area contributed by atoms with Crippen molar-refractivity contribution < 1.29 is 14.3 Å². The summed E-state index contributed by atoms with van der Waals surface area (Å²) in [6.45, 7) is 6.59. The van der Waals surface area contributed by atoms with Crippen molar-refractivity contribution in [3.8, 4) is 0 Å². The van der Waals surface area contributed by atoms with E-state index >= 15 is 0 Å². The Labute approximate surface area is 200 Å². The van der Waals surface area contributed by atoms with Crippen LogP contribution < -0.4 is 11.3 Å². The van der Waals surface area contributed by atoms with E-state index in [1.54, 1.807) is 13.0 Å². The number of nitrogens with two attached hydrogens (primary N) is 1. The van der Waals surface area contributed by atoms with Crippen LogP contribution in [0.25, 0.3) is 0 Å². The number of esters is 1. The Morgan fingerprint density at radius 3 is 2.38 bits per heavy atom. The SMILES string of the molecule is CCOC(=O)Cc1cccc(Cn2nc(C)ccc2=O)c1.Cc1cccc(CCC(=O)CN)c1. The number of aromatic nitrogens is 2. The van der Waals surface area contributed by atoms with Crippen LogP contribution in [0.3, 0.4) is 0 Å². The zero-order chi connectivity index (χ0) is 24.9. The molecule has 1 heterocycles. The van der Waals surface area contributed by atoms with E-state index in [2.05, 4.69) is 11.2 Å². The molecule has 3 rings (SSSR count). The lowest BCUT2D eigenvalue weighted by Crippen LogP contribution is -2.23. The fourth-order valence-corrected chi connectivity index (χ4v) is 3.31. The molecule has 0 saturated carbocycles. The lowest BCUT2D eigenvalue weighted by atomic mass is 10.1. The Balaban J connectivity index is 0.000000270. The highest BCUT2D eigenvalue weighted by molar-refractivity contribution is 5.80. The van der Waals surface area contributed by atoms with Crippen molar-refractivity contribution in [3.05, 3.63) is 99.0 Å². The second-order valence-electron chi connectivity index (χ2n) is 8.00. The molecule has 1 aromatic heterocycles. The Bertz CT molecular complexity index is 1150. The van der Waals surface area contributed by atoms with Crippen LogP contribution in [-0.2, 0) is 33.7 Å². The maximum atomic E-state index is 11.7. The van der Waals surface area contributed by atoms with Crippen molar-refractivity contribution in [1.29, 1.82) is 0 Å². The van der Waals surface area contributed by atoms with Crippen LogP contribution in [-0.4, -0.2) is 34.7 Å². The molecule has 0 aliphatic carbocycles. The molecule has 0 atom stereocenters. The Morgan fingerprint density at radius 2 is 1.68 bits per heavy atom. The highest BCUT2D eigenvalue weighted by Crippen LogP contribution is 2.08. The first-order chi connectivity index (χ1) is 16.3. The highest BCUT2D eigenvalue weighted by atomic mass is 16.5. The highest BCUT2D eigenvalue weighted by Gasteiger charge is 2.06. The summed E-state index contributed by atoms with van der Waals surface area (Å²) in [6, 6.07) is 18.9. The standard InChI is InChI=1S/C16H18N2O3.C11H15NO/c1-3-21-16(20)10-13-5-4-6-14(9-13)11-18-15(19)8-7-12(2)17-18;1-9-3-2-4-10(7-9)5-6-11(13)8-12/h4-9H,3,10-11H2,1-2H3;2-4,7H,5-6,8,12H2,1H3. The third-order valence-corrected chi connectivity index (χ3v) is 4.98. The lowest BCUT2D eigenvalue weighted by molar-refractivity contribution is -0.142. The molecule has 0 unspecified atom stereocenters. The van der Waals surface area contributed by atoms with E-state index in [4.69, 9.17) is 10.5 Å². The molecule has 3 aromatic rings. The molecule has 0 radical (unpaired) electrons. The molecule has 0 amide bonds. The van der Waals surface area contributed by atoms with Gasteiger partial charge in [0.25, 0.3) is 5.56 Å². The number of nitrogens with zero attached hydrogens (tertiary/aromatic N) is 2. The predicted molar refractivity (Wildman–Crippen MR) is 133 cm³/mol. The average molecular weight is 464 g/mol. The third-order valence-electron chi connectivity index (χ3n) is 4.98. The van der Waals surface area contributed by atoms with Gasteiger partial charge in [0.15, 0.2) is 0 Å². The van der Waals surface area contributed by atoms with Gasteiger partial charge in [0.1, 0.15) is 5.78 Å². The summed E-state index contributed by atoms with van der Waals surface area (Å²) in [4.78, 5) is 34.2. The molecule has 0 spiro atoms. The van der Waals surface area contributed by atoms with Gasteiger partial charge >= 0.3 is 5.97 Å². The summed E-state index contributed by atoms with van der Waals surface area (Å²) < 4.78 is 6.35. The molecule has 2 aromatic carbocycles. The molecule has 2 N–H and O–H groups in total. The summed E-state index contributed by atoms with van der Waals surface area (Å²) in [5.74, 6) is -0.123. The molecule has 7 nitrogen and oxygen atoms in total. The Morgan fingerprint density at radius 1 is 0.971 bits per heavy atom. The van der Waals surface area contributed by atoms with Crippen LogP contribution in [0.15, 0.2) is 65.5 Å². The van der Waals surface area contributed by atoms with E-state index in [0.29, 0.717) is 19.6 Å². The first-order valence-electron chi connectivity index (χ1n) is 11.4. The second kappa shape index (κ2) is 13.9. The Hall–Kier alpha value is -3.58. The number of carbonyl (C=O) groups is 2. The summed E-state index contributed by atoms with van der Waals surface area (Å²) in [7, 11) is 0. The third kappa shape index (κ3) is 9.50. The van der Waals surface area contributed by atoms with Crippen molar-refractivity contribution in [2.45, 2.75) is 46.6 Å². The number of hydrogen-bond donors (Lipinski definition) is 1. The van der Waals surface area contributed by atoms with E-state index in [-0.39, 0.29) is 30.3 Å². The first-order valence-corrected chi connectivity index (χ1v) is 11.4. The molecule has 34 heavy (non-hydrogen) atoms. The van der Waals surface area contributed by atoms with Crippen molar-refractivity contribution in [1.82, 2.24) is 9.78 Å². The van der Waals surface area contributed by atoms with Crippen LogP contribution in [0.4, 0.5) is 0 Å². The molecule has 0 bridgehead atoms. The maximum Gasteiger partial charge on any atom is 0.310 e. The molecule has 0 aliphatic rings. The Kier molecular flexibility index (Phi) is 10.9. The number of hydrogen-bond acceptors (Lipinski definition) is 6. The van der Waals surface area contributed by atoms with Crippen LogP contribution >= 0.6 is 0 Å².